The minimum atomic E-state index is -2.45. The summed E-state index contributed by atoms with van der Waals surface area (Å²) < 4.78 is 20.7. The van der Waals surface area contributed by atoms with Gasteiger partial charge in [0.25, 0.3) is 5.91 Å². The lowest BCUT2D eigenvalue weighted by Gasteiger charge is -1.87. The Balaban J connectivity index is 2.95. The van der Waals surface area contributed by atoms with E-state index in [0.717, 1.165) is 0 Å². The topological polar surface area (TPSA) is 64.3 Å². The van der Waals surface area contributed by atoms with Gasteiger partial charge in [0.15, 0.2) is 0 Å². The van der Waals surface area contributed by atoms with Crippen LogP contribution in [0.25, 0.3) is 0 Å². The van der Waals surface area contributed by atoms with Gasteiger partial charge in [0, 0.05) is 0 Å². The highest BCUT2D eigenvalue weighted by Crippen LogP contribution is 1.87. The molecule has 1 amide bonds. The molecule has 1 heterocycles. The Morgan fingerprint density at radius 2 is 3.14 bits per heavy atom. The zero-order chi connectivity index (χ0) is 7.99. The average Bonchev–Trinajstić information content (AvgIpc) is 1.94. The molecule has 3 N–H and O–H groups in total. The molecule has 4 nitrogen and oxygen atoms in total. The molecule has 1 aliphatic heterocycles. The van der Waals surface area contributed by atoms with Crippen molar-refractivity contribution in [3.8, 4) is 0 Å². The fourth-order valence-electron chi connectivity index (χ4n) is 0.228. The number of rotatable bonds is 0. The van der Waals surface area contributed by atoms with E-state index < -0.39 is 18.5 Å². The third-order valence-electron chi connectivity index (χ3n) is 0.549. The number of hydroxylamine groups is 1. The van der Waals surface area contributed by atoms with Gasteiger partial charge in [-0.1, -0.05) is 0 Å². The second kappa shape index (κ2) is 1.48. The van der Waals surface area contributed by atoms with Gasteiger partial charge in [0.2, 0.25) is 0 Å². The summed E-state index contributed by atoms with van der Waals surface area (Å²) in [7, 11) is 0. The monoisotopic (exact) mass is 106 g/mol. The molecule has 0 saturated carbocycles. The van der Waals surface area contributed by atoms with Crippen molar-refractivity contribution in [2.45, 2.75) is 6.02 Å². The molecule has 0 aromatic carbocycles. The first-order valence-corrected chi connectivity index (χ1v) is 1.65. The summed E-state index contributed by atoms with van der Waals surface area (Å²) in [5.41, 5.74) is 6.63. The maximum atomic E-state index is 10.5. The summed E-state index contributed by atoms with van der Waals surface area (Å²) in [5, 5.41) is 0. The maximum absolute atomic E-state index is 10.5. The van der Waals surface area contributed by atoms with Gasteiger partial charge < -0.3 is 5.73 Å². The smallest absolute Gasteiger partial charge is 0.262 e. The van der Waals surface area contributed by atoms with Crippen molar-refractivity contribution in [2.75, 3.05) is 6.56 Å². The van der Waals surface area contributed by atoms with Crippen LogP contribution >= 0.6 is 0 Å². The second-order valence-electron chi connectivity index (χ2n) is 1.05. The fraction of sp³-hybridized carbons (Fsp3) is 0.667. The molecule has 1 saturated heterocycles. The van der Waals surface area contributed by atoms with Crippen LogP contribution in [-0.2, 0) is 9.63 Å². The van der Waals surface area contributed by atoms with Crippen molar-refractivity contribution in [1.82, 2.24) is 5.48 Å². The van der Waals surface area contributed by atoms with E-state index in [-0.39, 0.29) is 0 Å². The lowest BCUT2D eigenvalue weighted by atomic mass is 10.4. The van der Waals surface area contributed by atoms with Crippen molar-refractivity contribution in [3.63, 3.8) is 0 Å². The molecule has 0 bridgehead atoms. The Kier molecular flexibility index (Phi) is 0.444. The van der Waals surface area contributed by atoms with Crippen molar-refractivity contribution in [1.29, 1.82) is 0 Å². The van der Waals surface area contributed by atoms with E-state index in [1.54, 1.807) is 5.48 Å². The van der Waals surface area contributed by atoms with Gasteiger partial charge in [-0.3, -0.25) is 9.63 Å². The van der Waals surface area contributed by atoms with Crippen molar-refractivity contribution >= 4 is 5.91 Å². The SMILES string of the molecule is [2H]C1([2H])O[15NH]C(=O)[C@]1([2H])N. The Morgan fingerprint density at radius 1 is 2.43 bits per heavy atom. The number of hydrogen-bond donors (Lipinski definition) is 2. The van der Waals surface area contributed by atoms with Gasteiger partial charge in [-0.2, -0.15) is 0 Å². The predicted molar refractivity (Wildman–Crippen MR) is 22.1 cm³/mol. The normalized spacial score (nSPS) is 54.4. The quantitative estimate of drug-likeness (QED) is 0.364. The molecule has 4 heteroatoms. The summed E-state index contributed by atoms with van der Waals surface area (Å²) in [4.78, 5) is 14.6. The van der Waals surface area contributed by atoms with Crippen LogP contribution in [0.1, 0.15) is 4.11 Å². The van der Waals surface area contributed by atoms with Crippen molar-refractivity contribution in [3.05, 3.63) is 0 Å². The van der Waals surface area contributed by atoms with E-state index in [0.29, 0.717) is 0 Å². The standard InChI is InChI=1S/C3H6N2O2/c4-2-1-7-5-3(2)6/h2H,1,4H2,(H,5,6)/t2-/m1/s1/i1D2,2D,5+1. The van der Waals surface area contributed by atoms with E-state index in [2.05, 4.69) is 4.84 Å². The first-order valence-electron chi connectivity index (χ1n) is 3.15. The van der Waals surface area contributed by atoms with Crippen molar-refractivity contribution in [2.24, 2.45) is 5.73 Å². The Bertz CT molecular complexity index is 181. The van der Waals surface area contributed by atoms with E-state index in [1.165, 1.54) is 0 Å². The number of carbonyl (C=O) groups excluding carboxylic acids is 1. The van der Waals surface area contributed by atoms with Crippen LogP contribution in [0.4, 0.5) is 0 Å². The first-order chi connectivity index (χ1) is 4.38. The van der Waals surface area contributed by atoms with Crippen LogP contribution in [0.3, 0.4) is 0 Å². The van der Waals surface area contributed by atoms with Crippen molar-refractivity contribution < 1.29 is 13.7 Å². The zero-order valence-corrected chi connectivity index (χ0v) is 3.39. The lowest BCUT2D eigenvalue weighted by Crippen LogP contribution is -2.31. The molecule has 1 rings (SSSR count). The summed E-state index contributed by atoms with van der Waals surface area (Å²) in [6.45, 7) is -2.45. The Morgan fingerprint density at radius 3 is 3.29 bits per heavy atom. The van der Waals surface area contributed by atoms with Gasteiger partial charge in [-0.25, -0.2) is 5.48 Å². The maximum Gasteiger partial charge on any atom is 0.262 e. The molecule has 40 valence electrons. The second-order valence-corrected chi connectivity index (χ2v) is 1.05. The number of nitrogens with two attached hydrogens (primary N) is 1. The summed E-state index contributed by atoms with van der Waals surface area (Å²) >= 11 is 0. The minimum Gasteiger partial charge on any atom is -0.318 e. The lowest BCUT2D eigenvalue weighted by molar-refractivity contribution is -0.124. The Hall–Kier alpha value is -0.610. The van der Waals surface area contributed by atoms with Crippen LogP contribution in [0.2, 0.25) is 0 Å². The number of nitrogens with one attached hydrogen (secondary N) is 1. The molecule has 1 fully saturated rings. The molecule has 0 unspecified atom stereocenters. The van der Waals surface area contributed by atoms with E-state index >= 15 is 0 Å². The van der Waals surface area contributed by atoms with Gasteiger partial charge in [0.1, 0.15) is 6.02 Å². The molecule has 7 heavy (non-hydrogen) atoms. The molecule has 0 aromatic heterocycles. The van der Waals surface area contributed by atoms with Gasteiger partial charge in [0.05, 0.1) is 10.7 Å². The highest BCUT2D eigenvalue weighted by Gasteiger charge is 2.19. The zero-order valence-electron chi connectivity index (χ0n) is 6.39. The molecule has 1 atom stereocenters. The predicted octanol–water partition coefficient (Wildman–Crippen LogP) is -1.62. The average molecular weight is 106 g/mol. The van der Waals surface area contributed by atoms with Gasteiger partial charge in [-0.15, -0.1) is 0 Å². The molecule has 1 aliphatic rings. The highest BCUT2D eigenvalue weighted by atomic mass is 16.9. The summed E-state index contributed by atoms with van der Waals surface area (Å²) in [6, 6.07) is -2.34. The van der Waals surface area contributed by atoms with Crippen LogP contribution in [0.15, 0.2) is 0 Å². The fourth-order valence-corrected chi connectivity index (χ4v) is 0.228. The Labute approximate surface area is 44.8 Å². The van der Waals surface area contributed by atoms with Gasteiger partial charge >= 0.3 is 0 Å². The molecular weight excluding hydrogens is 97.0 g/mol. The van der Waals surface area contributed by atoms with Crippen LogP contribution in [0, 0.1) is 0 Å². The molecule has 0 aliphatic carbocycles. The first kappa shape index (κ1) is 2.11. The summed E-state index contributed by atoms with van der Waals surface area (Å²) in [5.74, 6) is -0.975. The molecule has 0 spiro atoms. The van der Waals surface area contributed by atoms with Crippen LogP contribution in [0.5, 0.6) is 0 Å². The van der Waals surface area contributed by atoms with Gasteiger partial charge in [-0.05, 0) is 0 Å². The minimum absolute atomic E-state index is 0.975. The number of hydrogen-bond acceptors (Lipinski definition) is 3. The van der Waals surface area contributed by atoms with Crippen LogP contribution < -0.4 is 11.2 Å². The number of carbonyl (C=O) groups is 1. The summed E-state index contributed by atoms with van der Waals surface area (Å²) in [6.07, 6.45) is 0. The van der Waals surface area contributed by atoms with Crippen LogP contribution in [-0.4, -0.2) is 18.5 Å². The van der Waals surface area contributed by atoms with E-state index in [4.69, 9.17) is 9.85 Å². The van der Waals surface area contributed by atoms with E-state index in [1.807, 2.05) is 0 Å². The molecular formula is C3H6N2O2. The molecule has 0 radical (unpaired) electrons. The number of amides is 1. The van der Waals surface area contributed by atoms with E-state index in [9.17, 15) is 4.79 Å². The largest absolute Gasteiger partial charge is 0.318 e. The highest BCUT2D eigenvalue weighted by molar-refractivity contribution is 5.81. The third-order valence-corrected chi connectivity index (χ3v) is 0.549. The molecule has 0 aromatic rings. The third kappa shape index (κ3) is 0.703.